The summed E-state index contributed by atoms with van der Waals surface area (Å²) in [6, 6.07) is 8.73. The van der Waals surface area contributed by atoms with E-state index >= 15 is 0 Å². The van der Waals surface area contributed by atoms with E-state index in [0.29, 0.717) is 58.4 Å². The van der Waals surface area contributed by atoms with Crippen LogP contribution in [0.2, 0.25) is 5.02 Å². The lowest BCUT2D eigenvalue weighted by molar-refractivity contribution is 0.324. The number of aromatic hydroxyl groups is 1. The predicted molar refractivity (Wildman–Crippen MR) is 123 cm³/mol. The van der Waals surface area contributed by atoms with Crippen LogP contribution in [0, 0.1) is 0 Å². The fourth-order valence-corrected chi connectivity index (χ4v) is 3.19. The highest BCUT2D eigenvalue weighted by molar-refractivity contribution is 6.32. The van der Waals surface area contributed by atoms with Crippen LogP contribution in [0.5, 0.6) is 28.7 Å². The van der Waals surface area contributed by atoms with Gasteiger partial charge in [-0.05, 0) is 24.1 Å². The molecule has 2 aromatic carbocycles. The molecule has 9 nitrogen and oxygen atoms in total. The van der Waals surface area contributed by atoms with Gasteiger partial charge in [0.2, 0.25) is 11.7 Å². The number of aromatic nitrogens is 2. The SMILES string of the molecule is COc1cc(CCNc2nc(Nc3cc(OC)c(OC)c(OC)c3)ncc2Cl)ccc1O. The van der Waals surface area contributed by atoms with Crippen LogP contribution in [-0.2, 0) is 6.42 Å². The van der Waals surface area contributed by atoms with Crippen molar-refractivity contribution in [1.82, 2.24) is 9.97 Å². The summed E-state index contributed by atoms with van der Waals surface area (Å²) < 4.78 is 21.2. The lowest BCUT2D eigenvalue weighted by atomic mass is 10.1. The van der Waals surface area contributed by atoms with Gasteiger partial charge in [0.25, 0.3) is 0 Å². The largest absolute Gasteiger partial charge is 0.504 e. The first-order chi connectivity index (χ1) is 15.5. The molecule has 3 aromatic rings. The van der Waals surface area contributed by atoms with E-state index in [1.54, 1.807) is 45.6 Å². The first-order valence-corrected chi connectivity index (χ1v) is 10.1. The van der Waals surface area contributed by atoms with E-state index in [-0.39, 0.29) is 5.75 Å². The molecule has 0 spiro atoms. The molecular formula is C22H25ClN4O5. The molecule has 0 unspecified atom stereocenters. The third-order valence-corrected chi connectivity index (χ3v) is 4.89. The Hall–Kier alpha value is -3.59. The highest BCUT2D eigenvalue weighted by Gasteiger charge is 2.14. The monoisotopic (exact) mass is 460 g/mol. The number of nitrogens with one attached hydrogen (secondary N) is 2. The lowest BCUT2D eigenvalue weighted by Gasteiger charge is -2.15. The average Bonchev–Trinajstić information content (AvgIpc) is 2.81. The molecule has 0 amide bonds. The molecule has 170 valence electrons. The van der Waals surface area contributed by atoms with Gasteiger partial charge in [-0.3, -0.25) is 0 Å². The Balaban J connectivity index is 1.72. The van der Waals surface area contributed by atoms with Gasteiger partial charge in [-0.1, -0.05) is 17.7 Å². The molecule has 3 rings (SSSR count). The van der Waals surface area contributed by atoms with E-state index in [2.05, 4.69) is 20.6 Å². The van der Waals surface area contributed by atoms with Gasteiger partial charge in [0, 0.05) is 24.4 Å². The van der Waals surface area contributed by atoms with Crippen molar-refractivity contribution in [1.29, 1.82) is 0 Å². The van der Waals surface area contributed by atoms with Gasteiger partial charge in [-0.15, -0.1) is 0 Å². The summed E-state index contributed by atoms with van der Waals surface area (Å²) in [4.78, 5) is 8.69. The third-order valence-electron chi connectivity index (χ3n) is 4.62. The van der Waals surface area contributed by atoms with Crippen LogP contribution < -0.4 is 29.6 Å². The molecular weight excluding hydrogens is 436 g/mol. The van der Waals surface area contributed by atoms with Crippen LogP contribution >= 0.6 is 11.6 Å². The molecule has 0 aliphatic heterocycles. The summed E-state index contributed by atoms with van der Waals surface area (Å²) in [7, 11) is 6.15. The maximum absolute atomic E-state index is 9.72. The normalized spacial score (nSPS) is 10.4. The fourth-order valence-electron chi connectivity index (χ4n) is 3.04. The topological polar surface area (TPSA) is 107 Å². The second kappa shape index (κ2) is 10.6. The molecule has 0 fully saturated rings. The van der Waals surface area contributed by atoms with Gasteiger partial charge in [-0.25, -0.2) is 4.98 Å². The van der Waals surface area contributed by atoms with Crippen molar-refractivity contribution >= 4 is 29.1 Å². The zero-order chi connectivity index (χ0) is 23.1. The van der Waals surface area contributed by atoms with E-state index in [0.717, 1.165) is 5.56 Å². The van der Waals surface area contributed by atoms with E-state index in [4.69, 9.17) is 30.5 Å². The number of ether oxygens (including phenoxy) is 4. The number of benzene rings is 2. The lowest BCUT2D eigenvalue weighted by Crippen LogP contribution is -2.09. The number of nitrogens with zero attached hydrogens (tertiary/aromatic N) is 2. The molecule has 10 heteroatoms. The maximum atomic E-state index is 9.72. The summed E-state index contributed by atoms with van der Waals surface area (Å²) in [5, 5.41) is 16.4. The molecule has 0 bridgehead atoms. The summed E-state index contributed by atoms with van der Waals surface area (Å²) in [6.07, 6.45) is 2.19. The second-order valence-electron chi connectivity index (χ2n) is 6.61. The minimum absolute atomic E-state index is 0.102. The van der Waals surface area contributed by atoms with Crippen LogP contribution in [0.4, 0.5) is 17.5 Å². The number of phenolic OH excluding ortho intramolecular Hbond substituents is 1. The smallest absolute Gasteiger partial charge is 0.229 e. The standard InChI is InChI=1S/C22H25ClN4O5/c1-29-17-9-13(5-6-16(17)28)7-8-24-21-15(23)12-25-22(27-21)26-14-10-18(30-2)20(32-4)19(11-14)31-3/h5-6,9-12,28H,7-8H2,1-4H3,(H2,24,25,26,27). The Morgan fingerprint density at radius 1 is 0.938 bits per heavy atom. The number of halogens is 1. The minimum Gasteiger partial charge on any atom is -0.504 e. The molecule has 0 aliphatic carbocycles. The molecule has 32 heavy (non-hydrogen) atoms. The van der Waals surface area contributed by atoms with Crippen molar-refractivity contribution in [2.24, 2.45) is 0 Å². The van der Waals surface area contributed by atoms with Crippen molar-refractivity contribution in [3.63, 3.8) is 0 Å². The molecule has 1 aromatic heterocycles. The first kappa shape index (κ1) is 23.1. The van der Waals surface area contributed by atoms with Gasteiger partial charge >= 0.3 is 0 Å². The number of phenols is 1. The molecule has 3 N–H and O–H groups in total. The van der Waals surface area contributed by atoms with Gasteiger partial charge in [0.1, 0.15) is 5.02 Å². The number of rotatable bonds is 10. The molecule has 0 atom stereocenters. The zero-order valence-electron chi connectivity index (χ0n) is 18.2. The van der Waals surface area contributed by atoms with E-state index in [9.17, 15) is 5.11 Å². The highest BCUT2D eigenvalue weighted by atomic mass is 35.5. The van der Waals surface area contributed by atoms with Crippen LogP contribution in [0.3, 0.4) is 0 Å². The second-order valence-corrected chi connectivity index (χ2v) is 7.02. The van der Waals surface area contributed by atoms with Crippen LogP contribution in [-0.4, -0.2) is 50.1 Å². The van der Waals surface area contributed by atoms with Gasteiger partial charge < -0.3 is 34.7 Å². The van der Waals surface area contributed by atoms with Crippen molar-refractivity contribution < 1.29 is 24.1 Å². The van der Waals surface area contributed by atoms with Crippen LogP contribution in [0.1, 0.15) is 5.56 Å². The minimum atomic E-state index is 0.102. The van der Waals surface area contributed by atoms with Crippen molar-refractivity contribution in [3.05, 3.63) is 47.1 Å². The van der Waals surface area contributed by atoms with Gasteiger partial charge in [0.15, 0.2) is 28.8 Å². The summed E-state index contributed by atoms with van der Waals surface area (Å²) in [5.74, 6) is 2.87. The number of hydrogen-bond donors (Lipinski definition) is 3. The quantitative estimate of drug-likeness (QED) is 0.408. The molecule has 0 aliphatic rings. The summed E-state index contributed by atoms with van der Waals surface area (Å²) in [6.45, 7) is 0.564. The summed E-state index contributed by atoms with van der Waals surface area (Å²) >= 11 is 6.26. The first-order valence-electron chi connectivity index (χ1n) is 9.68. The van der Waals surface area contributed by atoms with Crippen molar-refractivity contribution in [3.8, 4) is 28.7 Å². The number of anilines is 3. The fraction of sp³-hybridized carbons (Fsp3) is 0.273. The number of methoxy groups -OCH3 is 4. The Labute approximate surface area is 191 Å². The Morgan fingerprint density at radius 3 is 2.25 bits per heavy atom. The molecule has 0 saturated carbocycles. The number of hydrogen-bond acceptors (Lipinski definition) is 9. The third kappa shape index (κ3) is 5.36. The van der Waals surface area contributed by atoms with Gasteiger partial charge in [0.05, 0.1) is 34.6 Å². The summed E-state index contributed by atoms with van der Waals surface area (Å²) in [5.41, 5.74) is 1.65. The molecule has 0 saturated heterocycles. The maximum Gasteiger partial charge on any atom is 0.229 e. The van der Waals surface area contributed by atoms with Crippen molar-refractivity contribution in [2.45, 2.75) is 6.42 Å². The van der Waals surface area contributed by atoms with E-state index in [1.807, 2.05) is 6.07 Å². The Bertz CT molecular complexity index is 1060. The van der Waals surface area contributed by atoms with E-state index in [1.165, 1.54) is 13.3 Å². The Kier molecular flexibility index (Phi) is 7.67. The highest BCUT2D eigenvalue weighted by Crippen LogP contribution is 2.40. The van der Waals surface area contributed by atoms with E-state index < -0.39 is 0 Å². The van der Waals surface area contributed by atoms with Gasteiger partial charge in [-0.2, -0.15) is 4.98 Å². The predicted octanol–water partition coefficient (Wildman–Crippen LogP) is 4.27. The van der Waals surface area contributed by atoms with Crippen LogP contribution in [0.25, 0.3) is 0 Å². The van der Waals surface area contributed by atoms with Crippen LogP contribution in [0.15, 0.2) is 36.5 Å². The zero-order valence-corrected chi connectivity index (χ0v) is 19.0. The average molecular weight is 461 g/mol. The molecule has 1 heterocycles. The van der Waals surface area contributed by atoms with Crippen molar-refractivity contribution in [2.75, 3.05) is 45.6 Å². The Morgan fingerprint density at radius 2 is 1.62 bits per heavy atom. The molecule has 0 radical (unpaired) electrons.